The summed E-state index contributed by atoms with van der Waals surface area (Å²) in [5.41, 5.74) is 0.398. The maximum absolute atomic E-state index is 13.1. The van der Waals surface area contributed by atoms with Crippen molar-refractivity contribution in [2.24, 2.45) is 0 Å². The lowest BCUT2D eigenvalue weighted by atomic mass is 10.1. The molecule has 106 valence electrons. The molecule has 0 atom stereocenters. The van der Waals surface area contributed by atoms with Crippen LogP contribution in [0.5, 0.6) is 0 Å². The highest BCUT2D eigenvalue weighted by molar-refractivity contribution is 5.89. The Kier molecular flexibility index (Phi) is 7.07. The van der Waals surface area contributed by atoms with Gasteiger partial charge in [-0.1, -0.05) is 13.3 Å². The highest BCUT2D eigenvalue weighted by atomic mass is 19.1. The molecule has 0 aliphatic heterocycles. The Labute approximate surface area is 112 Å². The Hall–Kier alpha value is -1.46. The molecule has 4 nitrogen and oxygen atoms in total. The van der Waals surface area contributed by atoms with E-state index in [1.54, 1.807) is 0 Å². The topological polar surface area (TPSA) is 55.8 Å². The molecule has 0 heterocycles. The zero-order valence-electron chi connectivity index (χ0n) is 11.0. The lowest BCUT2D eigenvalue weighted by Crippen LogP contribution is -2.08. The van der Waals surface area contributed by atoms with E-state index in [0.717, 1.165) is 18.9 Å². The number of ether oxygens (including phenoxy) is 2. The third-order valence-corrected chi connectivity index (χ3v) is 2.57. The monoisotopic (exact) mass is 270 g/mol. The van der Waals surface area contributed by atoms with Crippen LogP contribution in [-0.2, 0) is 16.1 Å². The van der Waals surface area contributed by atoms with Gasteiger partial charge in [0.05, 0.1) is 25.4 Å². The number of benzene rings is 1. The van der Waals surface area contributed by atoms with Crippen molar-refractivity contribution in [2.45, 2.75) is 26.4 Å². The van der Waals surface area contributed by atoms with Crippen LogP contribution >= 0.6 is 0 Å². The standard InChI is InChI=1S/C14H19FO4/c1-2-3-6-18-7-8-19-10-11-9-12(15)4-5-13(11)14(16)17/h4-5,9H,2-3,6-8,10H2,1H3,(H,16,17). The minimum absolute atomic E-state index is 0.0632. The molecule has 19 heavy (non-hydrogen) atoms. The Morgan fingerprint density at radius 1 is 1.26 bits per heavy atom. The first-order valence-electron chi connectivity index (χ1n) is 6.32. The first-order valence-corrected chi connectivity index (χ1v) is 6.32. The minimum atomic E-state index is -1.09. The fraction of sp³-hybridized carbons (Fsp3) is 0.500. The van der Waals surface area contributed by atoms with Crippen molar-refractivity contribution in [2.75, 3.05) is 19.8 Å². The summed E-state index contributed by atoms with van der Waals surface area (Å²) in [7, 11) is 0. The van der Waals surface area contributed by atoms with Gasteiger partial charge in [-0.2, -0.15) is 0 Å². The van der Waals surface area contributed by atoms with Crippen LogP contribution in [0.4, 0.5) is 4.39 Å². The maximum Gasteiger partial charge on any atom is 0.336 e. The normalized spacial score (nSPS) is 10.6. The van der Waals surface area contributed by atoms with Gasteiger partial charge in [0, 0.05) is 6.61 Å². The number of aromatic carboxylic acids is 1. The predicted octanol–water partition coefficient (Wildman–Crippen LogP) is 2.86. The molecule has 0 amide bonds. The van der Waals surface area contributed by atoms with E-state index < -0.39 is 11.8 Å². The molecule has 1 N–H and O–H groups in total. The molecule has 0 aliphatic rings. The number of hydrogen-bond acceptors (Lipinski definition) is 3. The molecule has 0 saturated carbocycles. The zero-order chi connectivity index (χ0) is 14.1. The van der Waals surface area contributed by atoms with Gasteiger partial charge in [0.25, 0.3) is 0 Å². The smallest absolute Gasteiger partial charge is 0.336 e. The number of hydrogen-bond donors (Lipinski definition) is 1. The van der Waals surface area contributed by atoms with E-state index in [-0.39, 0.29) is 12.2 Å². The van der Waals surface area contributed by atoms with Crippen LogP contribution in [0, 0.1) is 5.82 Å². The van der Waals surface area contributed by atoms with Gasteiger partial charge in [0.2, 0.25) is 0 Å². The zero-order valence-corrected chi connectivity index (χ0v) is 11.0. The van der Waals surface area contributed by atoms with Crippen LogP contribution < -0.4 is 0 Å². The van der Waals surface area contributed by atoms with Gasteiger partial charge in [-0.3, -0.25) is 0 Å². The van der Waals surface area contributed by atoms with Crippen LogP contribution in [0.3, 0.4) is 0 Å². The van der Waals surface area contributed by atoms with Crippen molar-refractivity contribution >= 4 is 5.97 Å². The third kappa shape index (κ3) is 5.81. The number of unbranched alkanes of at least 4 members (excludes halogenated alkanes) is 1. The van der Waals surface area contributed by atoms with E-state index in [9.17, 15) is 9.18 Å². The van der Waals surface area contributed by atoms with Gasteiger partial charge in [0.15, 0.2) is 0 Å². The second-order valence-corrected chi connectivity index (χ2v) is 4.13. The van der Waals surface area contributed by atoms with E-state index in [0.29, 0.717) is 25.4 Å². The Morgan fingerprint density at radius 2 is 2.00 bits per heavy atom. The van der Waals surface area contributed by atoms with Crippen molar-refractivity contribution in [3.63, 3.8) is 0 Å². The van der Waals surface area contributed by atoms with Gasteiger partial charge >= 0.3 is 5.97 Å². The fourth-order valence-corrected chi connectivity index (χ4v) is 1.54. The molecule has 1 aromatic carbocycles. The molecule has 0 aromatic heterocycles. The van der Waals surface area contributed by atoms with Crippen molar-refractivity contribution in [1.29, 1.82) is 0 Å². The van der Waals surface area contributed by atoms with Crippen molar-refractivity contribution in [3.8, 4) is 0 Å². The molecule has 1 aromatic rings. The fourth-order valence-electron chi connectivity index (χ4n) is 1.54. The molecule has 0 radical (unpaired) electrons. The summed E-state index contributed by atoms with van der Waals surface area (Å²) in [5.74, 6) is -1.56. The summed E-state index contributed by atoms with van der Waals surface area (Å²) in [6.45, 7) is 3.66. The van der Waals surface area contributed by atoms with Crippen LogP contribution in [-0.4, -0.2) is 30.9 Å². The number of halogens is 1. The lowest BCUT2D eigenvalue weighted by molar-refractivity contribution is 0.0389. The maximum atomic E-state index is 13.1. The van der Waals surface area contributed by atoms with Gasteiger partial charge < -0.3 is 14.6 Å². The van der Waals surface area contributed by atoms with Gasteiger partial charge in [-0.05, 0) is 30.2 Å². The number of carboxylic acids is 1. The molecule has 0 unspecified atom stereocenters. The quantitative estimate of drug-likeness (QED) is 0.701. The number of rotatable bonds is 9. The van der Waals surface area contributed by atoms with E-state index in [1.165, 1.54) is 12.1 Å². The Morgan fingerprint density at radius 3 is 2.68 bits per heavy atom. The van der Waals surface area contributed by atoms with Crippen LogP contribution in [0.2, 0.25) is 0 Å². The highest BCUT2D eigenvalue weighted by Gasteiger charge is 2.10. The molecular weight excluding hydrogens is 251 g/mol. The second-order valence-electron chi connectivity index (χ2n) is 4.13. The van der Waals surface area contributed by atoms with Crippen molar-refractivity contribution in [1.82, 2.24) is 0 Å². The molecule has 5 heteroatoms. The molecule has 0 saturated heterocycles. The highest BCUT2D eigenvalue weighted by Crippen LogP contribution is 2.12. The first-order chi connectivity index (χ1) is 9.15. The Bertz CT molecular complexity index is 406. The van der Waals surface area contributed by atoms with Gasteiger partial charge in [0.1, 0.15) is 5.82 Å². The lowest BCUT2D eigenvalue weighted by Gasteiger charge is -2.08. The van der Waals surface area contributed by atoms with Gasteiger partial charge in [-0.25, -0.2) is 9.18 Å². The summed E-state index contributed by atoms with van der Waals surface area (Å²) >= 11 is 0. The molecule has 1 rings (SSSR count). The molecule has 0 spiro atoms. The van der Waals surface area contributed by atoms with E-state index >= 15 is 0 Å². The third-order valence-electron chi connectivity index (χ3n) is 2.57. The van der Waals surface area contributed by atoms with Crippen molar-refractivity contribution in [3.05, 3.63) is 35.1 Å². The Balaban J connectivity index is 2.36. The summed E-state index contributed by atoms with van der Waals surface area (Å²) in [4.78, 5) is 10.9. The van der Waals surface area contributed by atoms with Crippen molar-refractivity contribution < 1.29 is 23.8 Å². The van der Waals surface area contributed by atoms with Gasteiger partial charge in [-0.15, -0.1) is 0 Å². The molecule has 0 aliphatic carbocycles. The van der Waals surface area contributed by atoms with Crippen LogP contribution in [0.25, 0.3) is 0 Å². The summed E-state index contributed by atoms with van der Waals surface area (Å²) < 4.78 is 23.6. The summed E-state index contributed by atoms with van der Waals surface area (Å²) in [6.07, 6.45) is 2.08. The largest absolute Gasteiger partial charge is 0.478 e. The van der Waals surface area contributed by atoms with Crippen LogP contribution in [0.15, 0.2) is 18.2 Å². The number of carbonyl (C=O) groups is 1. The first kappa shape index (κ1) is 15.6. The summed E-state index contributed by atoms with van der Waals surface area (Å²) in [5, 5.41) is 8.95. The predicted molar refractivity (Wildman–Crippen MR) is 68.7 cm³/mol. The second kappa shape index (κ2) is 8.61. The minimum Gasteiger partial charge on any atom is -0.478 e. The average Bonchev–Trinajstić information content (AvgIpc) is 2.37. The number of carboxylic acid groups (broad SMARTS) is 1. The van der Waals surface area contributed by atoms with E-state index in [2.05, 4.69) is 6.92 Å². The van der Waals surface area contributed by atoms with E-state index in [4.69, 9.17) is 14.6 Å². The molecular formula is C14H19FO4. The average molecular weight is 270 g/mol. The SMILES string of the molecule is CCCCOCCOCc1cc(F)ccc1C(=O)O. The molecule has 0 bridgehead atoms. The molecule has 0 fully saturated rings. The van der Waals surface area contributed by atoms with Crippen LogP contribution in [0.1, 0.15) is 35.7 Å². The summed E-state index contributed by atoms with van der Waals surface area (Å²) in [6, 6.07) is 3.55. The van der Waals surface area contributed by atoms with E-state index in [1.807, 2.05) is 0 Å².